The first-order valence-electron chi connectivity index (χ1n) is 8.00. The first-order chi connectivity index (χ1) is 12.1. The van der Waals surface area contributed by atoms with E-state index < -0.39 is 9.84 Å². The van der Waals surface area contributed by atoms with Gasteiger partial charge < -0.3 is 5.32 Å². The molecule has 0 aliphatic heterocycles. The minimum Gasteiger partial charge on any atom is -0.368 e. The Morgan fingerprint density at radius 1 is 0.880 bits per heavy atom. The van der Waals surface area contributed by atoms with Gasteiger partial charge in [0, 0.05) is 6.54 Å². The monoisotopic (exact) mass is 353 g/mol. The first-order valence-corrected chi connectivity index (χ1v) is 9.48. The molecule has 1 N–H and O–H groups in total. The zero-order chi connectivity index (χ0) is 17.7. The van der Waals surface area contributed by atoms with Crippen LogP contribution in [-0.2, 0) is 9.84 Å². The van der Waals surface area contributed by atoms with Gasteiger partial charge in [0.2, 0.25) is 9.84 Å². The third kappa shape index (κ3) is 4.03. The summed E-state index contributed by atoms with van der Waals surface area (Å²) in [7, 11) is -3.63. The highest BCUT2D eigenvalue weighted by molar-refractivity contribution is 7.91. The number of rotatable bonds is 6. The lowest BCUT2D eigenvalue weighted by atomic mass is 10.0. The zero-order valence-electron chi connectivity index (χ0n) is 13.8. The molecule has 1 atom stereocenters. The van der Waals surface area contributed by atoms with E-state index in [1.807, 2.05) is 18.2 Å². The van der Waals surface area contributed by atoms with E-state index in [4.69, 9.17) is 0 Å². The van der Waals surface area contributed by atoms with Gasteiger partial charge in [0.15, 0.2) is 5.03 Å². The first kappa shape index (κ1) is 17.1. The van der Waals surface area contributed by atoms with Crippen molar-refractivity contribution in [3.05, 3.63) is 78.4 Å². The van der Waals surface area contributed by atoms with E-state index in [0.717, 1.165) is 0 Å². The molecule has 2 aromatic carbocycles. The summed E-state index contributed by atoms with van der Waals surface area (Å²) in [6.45, 7) is 2.80. The Bertz CT molecular complexity index is 912. The van der Waals surface area contributed by atoms with Crippen LogP contribution in [0.1, 0.15) is 18.4 Å². The van der Waals surface area contributed by atoms with Crippen molar-refractivity contribution in [2.75, 3.05) is 11.9 Å². The van der Waals surface area contributed by atoms with Crippen molar-refractivity contribution in [1.82, 2.24) is 10.2 Å². The maximum Gasteiger partial charge on any atom is 0.225 e. The van der Waals surface area contributed by atoms with Crippen molar-refractivity contribution in [3.8, 4) is 0 Å². The van der Waals surface area contributed by atoms with E-state index >= 15 is 0 Å². The highest BCUT2D eigenvalue weighted by Gasteiger charge is 2.19. The summed E-state index contributed by atoms with van der Waals surface area (Å²) < 4.78 is 24.9. The highest BCUT2D eigenvalue weighted by atomic mass is 32.2. The molecule has 0 radical (unpaired) electrons. The molecule has 25 heavy (non-hydrogen) atoms. The highest BCUT2D eigenvalue weighted by Crippen LogP contribution is 2.19. The Morgan fingerprint density at radius 2 is 1.52 bits per heavy atom. The fourth-order valence-electron chi connectivity index (χ4n) is 2.44. The number of hydrogen-bond acceptors (Lipinski definition) is 5. The molecule has 0 amide bonds. The fraction of sp³-hybridized carbons (Fsp3) is 0.158. The summed E-state index contributed by atoms with van der Waals surface area (Å²) >= 11 is 0. The maximum absolute atomic E-state index is 12.5. The van der Waals surface area contributed by atoms with Gasteiger partial charge in [-0.05, 0) is 35.7 Å². The third-order valence-electron chi connectivity index (χ3n) is 3.93. The topological polar surface area (TPSA) is 72.0 Å². The molecule has 0 aliphatic carbocycles. The molecule has 6 heteroatoms. The van der Waals surface area contributed by atoms with Gasteiger partial charge in [-0.15, -0.1) is 10.2 Å². The van der Waals surface area contributed by atoms with Crippen molar-refractivity contribution in [2.45, 2.75) is 22.8 Å². The fourth-order valence-corrected chi connectivity index (χ4v) is 3.59. The zero-order valence-corrected chi connectivity index (χ0v) is 14.6. The van der Waals surface area contributed by atoms with Crippen LogP contribution < -0.4 is 5.32 Å². The van der Waals surface area contributed by atoms with Crippen LogP contribution in [0.2, 0.25) is 0 Å². The summed E-state index contributed by atoms with van der Waals surface area (Å²) in [5, 5.41) is 11.0. The van der Waals surface area contributed by atoms with Gasteiger partial charge in [0.1, 0.15) is 5.82 Å². The van der Waals surface area contributed by atoms with Gasteiger partial charge in [-0.2, -0.15) is 0 Å². The maximum atomic E-state index is 12.5. The minimum absolute atomic E-state index is 0.0552. The van der Waals surface area contributed by atoms with Gasteiger partial charge in [-0.25, -0.2) is 8.42 Å². The van der Waals surface area contributed by atoms with Gasteiger partial charge >= 0.3 is 0 Å². The Morgan fingerprint density at radius 3 is 2.12 bits per heavy atom. The molecule has 0 saturated heterocycles. The number of benzene rings is 2. The molecule has 1 heterocycles. The average Bonchev–Trinajstić information content (AvgIpc) is 2.68. The van der Waals surface area contributed by atoms with Crippen LogP contribution in [0.4, 0.5) is 5.82 Å². The molecule has 0 saturated carbocycles. The molecule has 0 unspecified atom stereocenters. The van der Waals surface area contributed by atoms with E-state index in [1.54, 1.807) is 36.4 Å². The molecule has 0 bridgehead atoms. The number of hydrogen-bond donors (Lipinski definition) is 1. The Kier molecular flexibility index (Phi) is 5.09. The standard InChI is InChI=1S/C19H19N3O2S/c1-15(16-8-4-2-5-9-16)14-20-18-12-13-19(22-21-18)25(23,24)17-10-6-3-7-11-17/h2-13,15H,14H2,1H3,(H,20,21)/t15-/m1/s1. The van der Waals surface area contributed by atoms with E-state index in [-0.39, 0.29) is 9.92 Å². The number of nitrogens with one attached hydrogen (secondary N) is 1. The predicted molar refractivity (Wildman–Crippen MR) is 97.3 cm³/mol. The summed E-state index contributed by atoms with van der Waals surface area (Å²) in [6, 6.07) is 21.5. The average molecular weight is 353 g/mol. The second kappa shape index (κ2) is 7.44. The minimum atomic E-state index is -3.63. The van der Waals surface area contributed by atoms with Gasteiger partial charge in [0.25, 0.3) is 0 Å². The van der Waals surface area contributed by atoms with Crippen molar-refractivity contribution >= 4 is 15.7 Å². The van der Waals surface area contributed by atoms with E-state index in [0.29, 0.717) is 18.3 Å². The molecule has 3 aromatic rings. The molecule has 5 nitrogen and oxygen atoms in total. The quantitative estimate of drug-likeness (QED) is 0.734. The van der Waals surface area contributed by atoms with E-state index in [2.05, 4.69) is 34.6 Å². The smallest absolute Gasteiger partial charge is 0.225 e. The summed E-state index contributed by atoms with van der Waals surface area (Å²) in [5.74, 6) is 0.852. The van der Waals surface area contributed by atoms with Gasteiger partial charge in [-0.3, -0.25) is 0 Å². The van der Waals surface area contributed by atoms with Gasteiger partial charge in [-0.1, -0.05) is 55.5 Å². The molecule has 0 aliphatic rings. The molecule has 0 fully saturated rings. The second-order valence-corrected chi connectivity index (χ2v) is 7.66. The van der Waals surface area contributed by atoms with E-state index in [9.17, 15) is 8.42 Å². The van der Waals surface area contributed by atoms with Crippen LogP contribution in [-0.4, -0.2) is 25.2 Å². The molecular formula is C19H19N3O2S. The molecule has 3 rings (SSSR count). The molecule has 1 aromatic heterocycles. The van der Waals surface area contributed by atoms with Crippen molar-refractivity contribution in [1.29, 1.82) is 0 Å². The van der Waals surface area contributed by atoms with Crippen molar-refractivity contribution < 1.29 is 8.42 Å². The van der Waals surface area contributed by atoms with Crippen LogP contribution in [0.15, 0.2) is 82.7 Å². The number of aromatic nitrogens is 2. The van der Waals surface area contributed by atoms with Crippen LogP contribution in [0.5, 0.6) is 0 Å². The van der Waals surface area contributed by atoms with Crippen molar-refractivity contribution in [2.24, 2.45) is 0 Å². The Labute approximate surface area is 147 Å². The second-order valence-electron chi connectivity index (χ2n) is 5.77. The van der Waals surface area contributed by atoms with Crippen LogP contribution in [0.25, 0.3) is 0 Å². The molecule has 0 spiro atoms. The lowest BCUT2D eigenvalue weighted by Gasteiger charge is -2.13. The summed E-state index contributed by atoms with van der Waals surface area (Å²) in [4.78, 5) is 0.211. The number of anilines is 1. The Balaban J connectivity index is 1.69. The summed E-state index contributed by atoms with van der Waals surface area (Å²) in [6.07, 6.45) is 0. The third-order valence-corrected chi connectivity index (χ3v) is 5.59. The Hall–Kier alpha value is -2.73. The predicted octanol–water partition coefficient (Wildman–Crippen LogP) is 3.53. The van der Waals surface area contributed by atoms with Crippen LogP contribution >= 0.6 is 0 Å². The van der Waals surface area contributed by atoms with Crippen molar-refractivity contribution in [3.63, 3.8) is 0 Å². The lowest BCUT2D eigenvalue weighted by Crippen LogP contribution is -2.12. The summed E-state index contributed by atoms with van der Waals surface area (Å²) in [5.41, 5.74) is 1.23. The van der Waals surface area contributed by atoms with E-state index in [1.165, 1.54) is 11.6 Å². The number of nitrogens with zero attached hydrogens (tertiary/aromatic N) is 2. The number of sulfone groups is 1. The molecule has 128 valence electrons. The SMILES string of the molecule is C[C@H](CNc1ccc(S(=O)(=O)c2ccccc2)nn1)c1ccccc1. The normalized spacial score (nSPS) is 12.5. The van der Waals surface area contributed by atoms with Crippen LogP contribution in [0.3, 0.4) is 0 Å². The lowest BCUT2D eigenvalue weighted by molar-refractivity contribution is 0.590. The van der Waals surface area contributed by atoms with Gasteiger partial charge in [0.05, 0.1) is 4.90 Å². The molecular weight excluding hydrogens is 334 g/mol. The van der Waals surface area contributed by atoms with Crippen LogP contribution in [0, 0.1) is 0 Å². The largest absolute Gasteiger partial charge is 0.368 e.